The van der Waals surface area contributed by atoms with Gasteiger partial charge < -0.3 is 10.6 Å². The number of halogens is 1. The maximum absolute atomic E-state index is 12.9. The van der Waals surface area contributed by atoms with Gasteiger partial charge in [0.1, 0.15) is 5.82 Å². The number of likely N-dealkylation sites (N-methyl/N-ethyl adjacent to an activating group) is 2. The highest BCUT2D eigenvalue weighted by molar-refractivity contribution is 5.22. The van der Waals surface area contributed by atoms with Gasteiger partial charge in [-0.05, 0) is 31.8 Å². The van der Waals surface area contributed by atoms with Crippen molar-refractivity contribution < 1.29 is 4.39 Å². The van der Waals surface area contributed by atoms with Crippen molar-refractivity contribution in [1.29, 1.82) is 0 Å². The molecule has 0 spiro atoms. The van der Waals surface area contributed by atoms with Crippen molar-refractivity contribution in [3.63, 3.8) is 0 Å². The first-order chi connectivity index (χ1) is 8.22. The number of benzene rings is 1. The molecule has 2 N–H and O–H groups in total. The van der Waals surface area contributed by atoms with Crippen LogP contribution in [0, 0.1) is 5.82 Å². The van der Waals surface area contributed by atoms with Gasteiger partial charge in [0.05, 0.1) is 0 Å². The number of hydrogen-bond acceptors (Lipinski definition) is 3. The highest BCUT2D eigenvalue weighted by Crippen LogP contribution is 2.21. The predicted molar refractivity (Wildman–Crippen MR) is 67.5 cm³/mol. The third-order valence-electron chi connectivity index (χ3n) is 3.49. The quantitative estimate of drug-likeness (QED) is 0.821. The van der Waals surface area contributed by atoms with E-state index in [4.69, 9.17) is 0 Å². The molecule has 2 rings (SSSR count). The van der Waals surface area contributed by atoms with Crippen LogP contribution in [0.15, 0.2) is 24.3 Å². The fourth-order valence-corrected chi connectivity index (χ4v) is 2.45. The zero-order chi connectivity index (χ0) is 12.3. The van der Waals surface area contributed by atoms with Crippen molar-refractivity contribution in [3.8, 4) is 0 Å². The summed E-state index contributed by atoms with van der Waals surface area (Å²) in [5.74, 6) is -0.182. The molecule has 4 heteroatoms. The molecule has 1 aromatic rings. The van der Waals surface area contributed by atoms with Crippen LogP contribution in [0.4, 0.5) is 4.39 Å². The van der Waals surface area contributed by atoms with E-state index in [2.05, 4.69) is 22.6 Å². The Labute approximate surface area is 102 Å². The number of hydrogen-bond donors (Lipinski definition) is 2. The van der Waals surface area contributed by atoms with Crippen molar-refractivity contribution in [1.82, 2.24) is 15.5 Å². The molecule has 0 saturated carbocycles. The van der Waals surface area contributed by atoms with Crippen molar-refractivity contribution >= 4 is 0 Å². The van der Waals surface area contributed by atoms with E-state index in [1.807, 2.05) is 19.2 Å². The van der Waals surface area contributed by atoms with E-state index in [9.17, 15) is 4.39 Å². The molecule has 2 unspecified atom stereocenters. The Morgan fingerprint density at radius 2 is 2.12 bits per heavy atom. The van der Waals surface area contributed by atoms with Gasteiger partial charge in [0.25, 0.3) is 0 Å². The molecule has 1 aliphatic heterocycles. The maximum atomic E-state index is 12.9. The van der Waals surface area contributed by atoms with E-state index in [1.54, 1.807) is 0 Å². The van der Waals surface area contributed by atoms with Crippen molar-refractivity contribution in [2.45, 2.75) is 12.1 Å². The van der Waals surface area contributed by atoms with Gasteiger partial charge in [-0.1, -0.05) is 12.1 Å². The zero-order valence-corrected chi connectivity index (χ0v) is 10.4. The Morgan fingerprint density at radius 3 is 2.71 bits per heavy atom. The summed E-state index contributed by atoms with van der Waals surface area (Å²) in [5, 5.41) is 6.74. The van der Waals surface area contributed by atoms with E-state index in [0.29, 0.717) is 6.04 Å². The van der Waals surface area contributed by atoms with Crippen LogP contribution in [0.3, 0.4) is 0 Å². The van der Waals surface area contributed by atoms with E-state index < -0.39 is 0 Å². The van der Waals surface area contributed by atoms with E-state index in [0.717, 1.165) is 25.2 Å². The van der Waals surface area contributed by atoms with Crippen molar-refractivity contribution in [2.24, 2.45) is 0 Å². The lowest BCUT2D eigenvalue weighted by atomic mass is 9.97. The highest BCUT2D eigenvalue weighted by Gasteiger charge is 2.27. The first-order valence-corrected chi connectivity index (χ1v) is 6.06. The van der Waals surface area contributed by atoms with E-state index in [1.165, 1.54) is 12.1 Å². The lowest BCUT2D eigenvalue weighted by Crippen LogP contribution is -2.54. The van der Waals surface area contributed by atoms with Crippen LogP contribution in [0.5, 0.6) is 0 Å². The second-order valence-corrected chi connectivity index (χ2v) is 4.57. The van der Waals surface area contributed by atoms with E-state index in [-0.39, 0.29) is 11.9 Å². The smallest absolute Gasteiger partial charge is 0.123 e. The van der Waals surface area contributed by atoms with Gasteiger partial charge in [0.2, 0.25) is 0 Å². The third kappa shape index (κ3) is 2.83. The molecule has 1 fully saturated rings. The fraction of sp³-hybridized carbons (Fsp3) is 0.538. The van der Waals surface area contributed by atoms with Gasteiger partial charge in [-0.25, -0.2) is 4.39 Å². The Hall–Kier alpha value is -0.970. The lowest BCUT2D eigenvalue weighted by molar-refractivity contribution is 0.162. The molecular formula is C13H20FN3. The minimum Gasteiger partial charge on any atom is -0.314 e. The highest BCUT2D eigenvalue weighted by atomic mass is 19.1. The molecule has 1 heterocycles. The molecule has 0 radical (unpaired) electrons. The molecule has 1 saturated heterocycles. The van der Waals surface area contributed by atoms with Gasteiger partial charge in [0, 0.05) is 31.7 Å². The third-order valence-corrected chi connectivity index (χ3v) is 3.49. The van der Waals surface area contributed by atoms with Gasteiger partial charge in [-0.3, -0.25) is 4.90 Å². The molecule has 1 aromatic carbocycles. The standard InChI is InChI=1S/C13H20FN3/c1-15-13(10-3-5-11(14)6-4-10)12-9-16-7-8-17(12)2/h3-6,12-13,15-16H,7-9H2,1-2H3. The Balaban J connectivity index is 2.17. The summed E-state index contributed by atoms with van der Waals surface area (Å²) in [4.78, 5) is 2.35. The minimum atomic E-state index is -0.182. The van der Waals surface area contributed by atoms with Crippen LogP contribution < -0.4 is 10.6 Å². The molecular weight excluding hydrogens is 217 g/mol. The monoisotopic (exact) mass is 237 g/mol. The number of piperazine rings is 1. The average molecular weight is 237 g/mol. The Kier molecular flexibility index (Phi) is 4.10. The zero-order valence-electron chi connectivity index (χ0n) is 10.4. The predicted octanol–water partition coefficient (Wildman–Crippen LogP) is 0.990. The van der Waals surface area contributed by atoms with Crippen LogP contribution in [0.2, 0.25) is 0 Å². The topological polar surface area (TPSA) is 27.3 Å². The van der Waals surface area contributed by atoms with Crippen LogP contribution >= 0.6 is 0 Å². The minimum absolute atomic E-state index is 0.182. The lowest BCUT2D eigenvalue weighted by Gasteiger charge is -2.38. The van der Waals surface area contributed by atoms with E-state index >= 15 is 0 Å². The first kappa shape index (κ1) is 12.5. The van der Waals surface area contributed by atoms with Gasteiger partial charge in [-0.2, -0.15) is 0 Å². The number of rotatable bonds is 3. The van der Waals surface area contributed by atoms with Crippen LogP contribution in [-0.2, 0) is 0 Å². The van der Waals surface area contributed by atoms with Crippen LogP contribution in [0.25, 0.3) is 0 Å². The molecule has 17 heavy (non-hydrogen) atoms. The number of nitrogens with zero attached hydrogens (tertiary/aromatic N) is 1. The van der Waals surface area contributed by atoms with Gasteiger partial charge in [0.15, 0.2) is 0 Å². The molecule has 0 bridgehead atoms. The first-order valence-electron chi connectivity index (χ1n) is 6.06. The summed E-state index contributed by atoms with van der Waals surface area (Å²) in [6.45, 7) is 3.04. The molecule has 0 aliphatic carbocycles. The number of nitrogens with one attached hydrogen (secondary N) is 2. The molecule has 0 amide bonds. The summed E-state index contributed by atoms with van der Waals surface area (Å²) in [6, 6.07) is 7.40. The van der Waals surface area contributed by atoms with Crippen molar-refractivity contribution in [3.05, 3.63) is 35.6 Å². The summed E-state index contributed by atoms with van der Waals surface area (Å²) in [6.07, 6.45) is 0. The summed E-state index contributed by atoms with van der Waals surface area (Å²) >= 11 is 0. The Morgan fingerprint density at radius 1 is 1.41 bits per heavy atom. The van der Waals surface area contributed by atoms with Gasteiger partial charge >= 0.3 is 0 Å². The molecule has 1 aliphatic rings. The molecule has 2 atom stereocenters. The summed E-state index contributed by atoms with van der Waals surface area (Å²) in [5.41, 5.74) is 1.13. The second kappa shape index (κ2) is 5.58. The van der Waals surface area contributed by atoms with Crippen molar-refractivity contribution in [2.75, 3.05) is 33.7 Å². The van der Waals surface area contributed by atoms with Crippen LogP contribution in [0.1, 0.15) is 11.6 Å². The van der Waals surface area contributed by atoms with Crippen LogP contribution in [-0.4, -0.2) is 44.7 Å². The fourth-order valence-electron chi connectivity index (χ4n) is 2.45. The largest absolute Gasteiger partial charge is 0.314 e. The molecule has 94 valence electrons. The Bertz CT molecular complexity index is 352. The average Bonchev–Trinajstić information content (AvgIpc) is 2.35. The molecule has 0 aromatic heterocycles. The normalized spacial score (nSPS) is 23.6. The molecule has 3 nitrogen and oxygen atoms in total. The summed E-state index contributed by atoms with van der Waals surface area (Å²) < 4.78 is 12.9. The SMILES string of the molecule is CNC(c1ccc(F)cc1)C1CNCCN1C. The second-order valence-electron chi connectivity index (χ2n) is 4.57. The maximum Gasteiger partial charge on any atom is 0.123 e. The van der Waals surface area contributed by atoms with Gasteiger partial charge in [-0.15, -0.1) is 0 Å². The summed E-state index contributed by atoms with van der Waals surface area (Å²) in [7, 11) is 4.09.